The van der Waals surface area contributed by atoms with E-state index in [4.69, 9.17) is 0 Å². The van der Waals surface area contributed by atoms with Crippen LogP contribution < -0.4 is 10.0 Å². The zero-order valence-corrected chi connectivity index (χ0v) is 19.7. The van der Waals surface area contributed by atoms with Gasteiger partial charge in [-0.25, -0.2) is 13.2 Å². The summed E-state index contributed by atoms with van der Waals surface area (Å²) in [4.78, 5) is 23.8. The Balaban J connectivity index is 1.77. The largest absolute Gasteiger partial charge is 0.478 e. The second-order valence-electron chi connectivity index (χ2n) is 6.09. The fourth-order valence-corrected chi connectivity index (χ4v) is 4.29. The predicted molar refractivity (Wildman–Crippen MR) is 125 cm³/mol. The second-order valence-corrected chi connectivity index (χ2v) is 9.93. The van der Waals surface area contributed by atoms with Crippen molar-refractivity contribution in [1.82, 2.24) is 0 Å². The molecule has 0 spiro atoms. The van der Waals surface area contributed by atoms with Crippen LogP contribution in [0.15, 0.2) is 76.1 Å². The molecule has 0 saturated carbocycles. The molecule has 3 aromatic carbocycles. The van der Waals surface area contributed by atoms with Crippen LogP contribution in [0.2, 0.25) is 0 Å². The summed E-state index contributed by atoms with van der Waals surface area (Å²) in [5.41, 5.74) is 0.669. The van der Waals surface area contributed by atoms with Crippen molar-refractivity contribution in [2.45, 2.75) is 4.90 Å². The number of hydrogen-bond acceptors (Lipinski definition) is 4. The third kappa shape index (κ3) is 5.37. The number of hydrogen-bond donors (Lipinski definition) is 3. The molecule has 0 unspecified atom stereocenters. The number of halogens is 2. The van der Waals surface area contributed by atoms with E-state index in [1.807, 2.05) is 0 Å². The van der Waals surface area contributed by atoms with Crippen molar-refractivity contribution >= 4 is 71.8 Å². The van der Waals surface area contributed by atoms with Gasteiger partial charge in [-0.05, 0) is 89.3 Å². The molecular weight excluding hydrogens is 587 g/mol. The van der Waals surface area contributed by atoms with Gasteiger partial charge in [0.25, 0.3) is 15.9 Å². The van der Waals surface area contributed by atoms with Crippen LogP contribution in [0, 0.1) is 3.57 Å². The Hall–Kier alpha value is -2.44. The molecule has 0 heterocycles. The SMILES string of the molecule is O=C(Nc1ccc(Br)cc1C(=O)O)c1ccc(S(=O)(=O)Nc2ccc(I)cc2)cc1. The van der Waals surface area contributed by atoms with Gasteiger partial charge in [-0.15, -0.1) is 0 Å². The highest BCUT2D eigenvalue weighted by atomic mass is 127. The highest BCUT2D eigenvalue weighted by Gasteiger charge is 2.17. The number of carboxylic acids is 1. The van der Waals surface area contributed by atoms with Gasteiger partial charge < -0.3 is 10.4 Å². The van der Waals surface area contributed by atoms with Crippen LogP contribution >= 0.6 is 38.5 Å². The Morgan fingerprint density at radius 3 is 2.17 bits per heavy atom. The predicted octanol–water partition coefficient (Wildman–Crippen LogP) is 4.81. The van der Waals surface area contributed by atoms with E-state index in [2.05, 4.69) is 48.6 Å². The molecule has 0 saturated heterocycles. The number of sulfonamides is 1. The molecular formula is C20H14BrIN2O5S. The lowest BCUT2D eigenvalue weighted by Gasteiger charge is -2.11. The number of aromatic carboxylic acids is 1. The summed E-state index contributed by atoms with van der Waals surface area (Å²) in [6.07, 6.45) is 0. The Kier molecular flexibility index (Phi) is 6.78. The molecule has 30 heavy (non-hydrogen) atoms. The van der Waals surface area contributed by atoms with Crippen molar-refractivity contribution in [3.63, 3.8) is 0 Å². The van der Waals surface area contributed by atoms with Gasteiger partial charge in [-0.2, -0.15) is 0 Å². The summed E-state index contributed by atoms with van der Waals surface area (Å²) in [5, 5.41) is 11.8. The molecule has 0 atom stereocenters. The van der Waals surface area contributed by atoms with E-state index in [9.17, 15) is 23.1 Å². The fourth-order valence-electron chi connectivity index (χ4n) is 2.51. The first-order valence-corrected chi connectivity index (χ1v) is 11.7. The Bertz CT molecular complexity index is 1210. The molecule has 0 radical (unpaired) electrons. The average molecular weight is 601 g/mol. The van der Waals surface area contributed by atoms with Crippen LogP contribution in [-0.4, -0.2) is 25.4 Å². The van der Waals surface area contributed by atoms with Gasteiger partial charge >= 0.3 is 5.97 Å². The van der Waals surface area contributed by atoms with Crippen molar-refractivity contribution < 1.29 is 23.1 Å². The normalized spacial score (nSPS) is 11.0. The van der Waals surface area contributed by atoms with Crippen molar-refractivity contribution in [3.8, 4) is 0 Å². The quantitative estimate of drug-likeness (QED) is 0.352. The van der Waals surface area contributed by atoms with Crippen LogP contribution in [0.4, 0.5) is 11.4 Å². The third-order valence-corrected chi connectivity index (χ3v) is 6.59. The second kappa shape index (κ2) is 9.14. The number of anilines is 2. The van der Waals surface area contributed by atoms with Crippen LogP contribution in [0.25, 0.3) is 0 Å². The third-order valence-electron chi connectivity index (χ3n) is 3.98. The molecule has 1 amide bonds. The molecule has 3 rings (SSSR count). The Labute approximate surface area is 194 Å². The molecule has 0 fully saturated rings. The van der Waals surface area contributed by atoms with Gasteiger partial charge in [-0.1, -0.05) is 15.9 Å². The molecule has 3 N–H and O–H groups in total. The minimum Gasteiger partial charge on any atom is -0.478 e. The number of benzene rings is 3. The van der Waals surface area contributed by atoms with Crippen molar-refractivity contribution in [2.24, 2.45) is 0 Å². The minimum absolute atomic E-state index is 0.00698. The molecule has 0 aromatic heterocycles. The van der Waals surface area contributed by atoms with Gasteiger partial charge in [0.15, 0.2) is 0 Å². The number of nitrogens with one attached hydrogen (secondary N) is 2. The van der Waals surface area contributed by atoms with E-state index in [0.29, 0.717) is 10.2 Å². The van der Waals surface area contributed by atoms with Gasteiger partial charge in [-0.3, -0.25) is 9.52 Å². The van der Waals surface area contributed by atoms with E-state index < -0.39 is 21.9 Å². The maximum absolute atomic E-state index is 12.5. The highest BCUT2D eigenvalue weighted by molar-refractivity contribution is 14.1. The van der Waals surface area contributed by atoms with E-state index in [1.165, 1.54) is 36.4 Å². The van der Waals surface area contributed by atoms with Crippen LogP contribution in [0.3, 0.4) is 0 Å². The summed E-state index contributed by atoms with van der Waals surface area (Å²) in [5.74, 6) is -1.75. The summed E-state index contributed by atoms with van der Waals surface area (Å²) < 4.78 is 29.1. The molecule has 7 nitrogen and oxygen atoms in total. The van der Waals surface area contributed by atoms with E-state index in [-0.39, 0.29) is 21.7 Å². The summed E-state index contributed by atoms with van der Waals surface area (Å²) >= 11 is 5.31. The van der Waals surface area contributed by atoms with Gasteiger partial charge in [0, 0.05) is 19.3 Å². The molecule has 154 valence electrons. The van der Waals surface area contributed by atoms with Crippen molar-refractivity contribution in [2.75, 3.05) is 10.0 Å². The summed E-state index contributed by atoms with van der Waals surface area (Å²) in [6.45, 7) is 0. The Morgan fingerprint density at radius 2 is 1.57 bits per heavy atom. The van der Waals surface area contributed by atoms with Crippen LogP contribution in [0.1, 0.15) is 20.7 Å². The number of rotatable bonds is 6. The molecule has 0 bridgehead atoms. The highest BCUT2D eigenvalue weighted by Crippen LogP contribution is 2.23. The van der Waals surface area contributed by atoms with Crippen molar-refractivity contribution in [1.29, 1.82) is 0 Å². The smallest absolute Gasteiger partial charge is 0.337 e. The zero-order valence-electron chi connectivity index (χ0n) is 15.1. The molecule has 10 heteroatoms. The van der Waals surface area contributed by atoms with E-state index in [1.54, 1.807) is 30.3 Å². The summed E-state index contributed by atoms with van der Waals surface area (Å²) in [6, 6.07) is 16.6. The molecule has 3 aromatic rings. The summed E-state index contributed by atoms with van der Waals surface area (Å²) in [7, 11) is -3.82. The number of carboxylic acid groups (broad SMARTS) is 1. The van der Waals surface area contributed by atoms with E-state index >= 15 is 0 Å². The van der Waals surface area contributed by atoms with E-state index in [0.717, 1.165) is 3.57 Å². The molecule has 0 aliphatic heterocycles. The molecule has 0 aliphatic rings. The lowest BCUT2D eigenvalue weighted by molar-refractivity contribution is 0.0698. The monoisotopic (exact) mass is 600 g/mol. The first kappa shape index (κ1) is 22.2. The lowest BCUT2D eigenvalue weighted by atomic mass is 10.1. The maximum Gasteiger partial charge on any atom is 0.337 e. The standard InChI is InChI=1S/C20H14BrIN2O5S/c21-13-3-10-18(17(11-13)20(26)27)23-19(25)12-1-8-16(9-2-12)30(28,29)24-15-6-4-14(22)5-7-15/h1-11,24H,(H,23,25)(H,26,27). The maximum atomic E-state index is 12.5. The van der Waals surface area contributed by atoms with Gasteiger partial charge in [0.1, 0.15) is 0 Å². The minimum atomic E-state index is -3.82. The number of amides is 1. The fraction of sp³-hybridized carbons (Fsp3) is 0. The zero-order chi connectivity index (χ0) is 21.9. The number of carbonyl (C=O) groups is 2. The first-order valence-electron chi connectivity index (χ1n) is 8.38. The van der Waals surface area contributed by atoms with Crippen LogP contribution in [0.5, 0.6) is 0 Å². The van der Waals surface area contributed by atoms with Gasteiger partial charge in [0.05, 0.1) is 16.1 Å². The first-order chi connectivity index (χ1) is 14.2. The van der Waals surface area contributed by atoms with Crippen LogP contribution in [-0.2, 0) is 10.0 Å². The average Bonchev–Trinajstić information content (AvgIpc) is 2.71. The topological polar surface area (TPSA) is 113 Å². The van der Waals surface area contributed by atoms with Crippen molar-refractivity contribution in [3.05, 3.63) is 85.9 Å². The number of carbonyl (C=O) groups excluding carboxylic acids is 1. The Morgan fingerprint density at radius 1 is 0.933 bits per heavy atom. The van der Waals surface area contributed by atoms with Gasteiger partial charge in [0.2, 0.25) is 0 Å². The lowest BCUT2D eigenvalue weighted by Crippen LogP contribution is -2.16. The molecule has 0 aliphatic carbocycles.